The summed E-state index contributed by atoms with van der Waals surface area (Å²) in [5.74, 6) is -0.0937. The van der Waals surface area contributed by atoms with Gasteiger partial charge >= 0.3 is 12.4 Å². The first kappa shape index (κ1) is 47.2. The average molecular weight is 784 g/mol. The van der Waals surface area contributed by atoms with E-state index in [-0.39, 0.29) is 49.1 Å². The third-order valence-electron chi connectivity index (χ3n) is 7.77. The number of hydrogen-bond donors (Lipinski definition) is 4. The molecule has 2 aromatic carbocycles. The van der Waals surface area contributed by atoms with Crippen LogP contribution in [0.2, 0.25) is 0 Å². The second kappa shape index (κ2) is 27.6. The molecule has 55 heavy (non-hydrogen) atoms. The van der Waals surface area contributed by atoms with Crippen LogP contribution >= 0.6 is 0 Å². The average Bonchev–Trinajstić information content (AvgIpc) is 3.14. The zero-order valence-electron chi connectivity index (χ0n) is 32.4. The molecule has 1 saturated carbocycles. The second-order valence-corrected chi connectivity index (χ2v) is 13.4. The number of nitrogens with zero attached hydrogens (tertiary/aromatic N) is 1. The number of carbonyl (C=O) groups excluding carboxylic acids is 3. The molecule has 3 rings (SSSR count). The van der Waals surface area contributed by atoms with Gasteiger partial charge < -0.3 is 50.3 Å². The van der Waals surface area contributed by atoms with Gasteiger partial charge in [-0.1, -0.05) is 52.2 Å². The minimum atomic E-state index is -4.80. The van der Waals surface area contributed by atoms with Gasteiger partial charge in [-0.15, -0.1) is 13.2 Å². The van der Waals surface area contributed by atoms with Crippen molar-refractivity contribution >= 4 is 23.5 Å². The lowest BCUT2D eigenvalue weighted by atomic mass is 9.94. The summed E-state index contributed by atoms with van der Waals surface area (Å²) in [7, 11) is 0. The van der Waals surface area contributed by atoms with Crippen LogP contribution in [0.5, 0.6) is 5.75 Å². The van der Waals surface area contributed by atoms with Crippen LogP contribution in [0.3, 0.4) is 0 Å². The van der Waals surface area contributed by atoms with Crippen molar-refractivity contribution in [3.05, 3.63) is 59.7 Å². The lowest BCUT2D eigenvalue weighted by Crippen LogP contribution is -2.43. The van der Waals surface area contributed by atoms with E-state index in [0.717, 1.165) is 55.7 Å². The van der Waals surface area contributed by atoms with Crippen molar-refractivity contribution in [3.63, 3.8) is 0 Å². The van der Waals surface area contributed by atoms with E-state index in [9.17, 15) is 27.6 Å². The summed E-state index contributed by atoms with van der Waals surface area (Å²) in [5.41, 5.74) is 6.89. The number of carbonyl (C=O) groups is 3. The van der Waals surface area contributed by atoms with E-state index in [1.807, 2.05) is 0 Å². The van der Waals surface area contributed by atoms with E-state index in [0.29, 0.717) is 77.2 Å². The SMILES string of the molecule is CC(C)C.NCCOCCOCCOCCOCCNC(=O)CCNC(=O)c1ccc(CN(C(=O)Nc2ccc(OC(F)(F)F)cc2)C2CCCCC2)cc1. The van der Waals surface area contributed by atoms with Gasteiger partial charge in [0.05, 0.1) is 52.9 Å². The Morgan fingerprint density at radius 1 is 0.764 bits per heavy atom. The Bertz CT molecular complexity index is 1340. The molecule has 0 heterocycles. The molecule has 4 amide bonds. The monoisotopic (exact) mass is 783 g/mol. The van der Waals surface area contributed by atoms with Crippen molar-refractivity contribution in [2.75, 3.05) is 77.8 Å². The molecule has 0 aromatic heterocycles. The lowest BCUT2D eigenvalue weighted by Gasteiger charge is -2.34. The molecular weight excluding hydrogens is 723 g/mol. The standard InChI is InChI=1S/C35H50F3N5O8.C4H10/c36-35(37,38)51-31-12-10-29(11-13-31)42-34(46)43(30-4-2-1-3-5-30)26-27-6-8-28(9-7-27)33(45)41-16-14-32(44)40-17-19-48-21-23-50-25-24-49-22-20-47-18-15-39;1-4(2)3/h6-13,30H,1-5,14-26,39H2,(H,40,44)(H,41,45)(H,42,46);4H,1-3H3. The predicted molar refractivity (Wildman–Crippen MR) is 204 cm³/mol. The molecule has 0 bridgehead atoms. The zero-order valence-corrected chi connectivity index (χ0v) is 32.4. The number of anilines is 1. The fraction of sp³-hybridized carbons (Fsp3) is 0.615. The van der Waals surface area contributed by atoms with Gasteiger partial charge in [0.2, 0.25) is 5.91 Å². The van der Waals surface area contributed by atoms with E-state index < -0.39 is 6.36 Å². The Labute approximate surface area is 323 Å². The van der Waals surface area contributed by atoms with Crippen molar-refractivity contribution < 1.29 is 51.2 Å². The molecule has 0 saturated heterocycles. The molecule has 16 heteroatoms. The van der Waals surface area contributed by atoms with Crippen molar-refractivity contribution in [1.29, 1.82) is 0 Å². The van der Waals surface area contributed by atoms with Crippen LogP contribution in [0.15, 0.2) is 48.5 Å². The Balaban J connectivity index is 0.00000248. The van der Waals surface area contributed by atoms with Crippen LogP contribution in [0.1, 0.15) is 75.2 Å². The van der Waals surface area contributed by atoms with Gasteiger partial charge in [-0.25, -0.2) is 4.79 Å². The van der Waals surface area contributed by atoms with Gasteiger partial charge in [0.25, 0.3) is 5.91 Å². The lowest BCUT2D eigenvalue weighted by molar-refractivity contribution is -0.274. The molecular formula is C39H60F3N5O8. The molecule has 0 radical (unpaired) electrons. The Hall–Kier alpha value is -3.96. The molecule has 0 aliphatic heterocycles. The minimum absolute atomic E-state index is 0.00449. The number of nitrogens with two attached hydrogens (primary N) is 1. The number of rotatable bonds is 23. The van der Waals surface area contributed by atoms with E-state index in [4.69, 9.17) is 24.7 Å². The topological polar surface area (TPSA) is 163 Å². The third kappa shape index (κ3) is 22.9. The van der Waals surface area contributed by atoms with Crippen molar-refractivity contribution in [1.82, 2.24) is 15.5 Å². The number of nitrogens with one attached hydrogen (secondary N) is 3. The highest BCUT2D eigenvalue weighted by Crippen LogP contribution is 2.27. The number of ether oxygens (including phenoxy) is 5. The van der Waals surface area contributed by atoms with E-state index >= 15 is 0 Å². The van der Waals surface area contributed by atoms with Gasteiger partial charge in [0, 0.05) is 49.9 Å². The fourth-order valence-corrected chi connectivity index (χ4v) is 5.24. The molecule has 2 aromatic rings. The van der Waals surface area contributed by atoms with E-state index in [1.165, 1.54) is 12.1 Å². The number of amides is 4. The van der Waals surface area contributed by atoms with Crippen LogP contribution < -0.4 is 26.4 Å². The Kier molecular flexibility index (Phi) is 23.7. The van der Waals surface area contributed by atoms with E-state index in [2.05, 4.69) is 41.5 Å². The molecule has 0 atom stereocenters. The van der Waals surface area contributed by atoms with Crippen molar-refractivity contribution in [3.8, 4) is 5.75 Å². The first-order chi connectivity index (χ1) is 26.4. The highest BCUT2D eigenvalue weighted by molar-refractivity contribution is 5.94. The van der Waals surface area contributed by atoms with E-state index in [1.54, 1.807) is 29.2 Å². The number of urea groups is 1. The molecule has 1 fully saturated rings. The normalized spacial score (nSPS) is 13.1. The quantitative estimate of drug-likeness (QED) is 0.101. The Morgan fingerprint density at radius 3 is 1.85 bits per heavy atom. The summed E-state index contributed by atoms with van der Waals surface area (Å²) < 4.78 is 62.8. The zero-order chi connectivity index (χ0) is 40.3. The molecule has 5 N–H and O–H groups in total. The number of halogens is 3. The first-order valence-corrected chi connectivity index (χ1v) is 19.0. The van der Waals surface area contributed by atoms with Crippen LogP contribution in [-0.4, -0.2) is 108 Å². The van der Waals surface area contributed by atoms with Gasteiger partial charge in [-0.3, -0.25) is 9.59 Å². The summed E-state index contributed by atoms with van der Waals surface area (Å²) in [5, 5.41) is 8.26. The maximum atomic E-state index is 13.4. The predicted octanol–water partition coefficient (Wildman–Crippen LogP) is 5.88. The number of alkyl halides is 3. The molecule has 0 spiro atoms. The van der Waals surface area contributed by atoms with Gasteiger partial charge in [-0.05, 0) is 60.7 Å². The minimum Gasteiger partial charge on any atom is -0.406 e. The molecule has 1 aliphatic rings. The number of benzene rings is 2. The summed E-state index contributed by atoms with van der Waals surface area (Å²) in [6.45, 7) is 11.3. The van der Waals surface area contributed by atoms with Gasteiger partial charge in [0.15, 0.2) is 0 Å². The number of hydrogen-bond acceptors (Lipinski definition) is 9. The second-order valence-electron chi connectivity index (χ2n) is 13.4. The van der Waals surface area contributed by atoms with Crippen molar-refractivity contribution in [2.45, 2.75) is 78.2 Å². The molecule has 0 unspecified atom stereocenters. The summed E-state index contributed by atoms with van der Waals surface area (Å²) >= 11 is 0. The maximum absolute atomic E-state index is 13.4. The smallest absolute Gasteiger partial charge is 0.406 e. The van der Waals surface area contributed by atoms with Gasteiger partial charge in [-0.2, -0.15) is 0 Å². The molecule has 1 aliphatic carbocycles. The van der Waals surface area contributed by atoms with Crippen LogP contribution in [0.25, 0.3) is 0 Å². The van der Waals surface area contributed by atoms with Crippen LogP contribution in [-0.2, 0) is 30.3 Å². The summed E-state index contributed by atoms with van der Waals surface area (Å²) in [6, 6.07) is 11.5. The third-order valence-corrected chi connectivity index (χ3v) is 7.77. The van der Waals surface area contributed by atoms with Crippen LogP contribution in [0.4, 0.5) is 23.7 Å². The van der Waals surface area contributed by atoms with Gasteiger partial charge in [0.1, 0.15) is 5.75 Å². The fourth-order valence-electron chi connectivity index (χ4n) is 5.24. The Morgan fingerprint density at radius 2 is 1.31 bits per heavy atom. The maximum Gasteiger partial charge on any atom is 0.573 e. The first-order valence-electron chi connectivity index (χ1n) is 19.0. The van der Waals surface area contributed by atoms with Crippen LogP contribution in [0, 0.1) is 5.92 Å². The summed E-state index contributed by atoms with van der Waals surface area (Å²) in [6.07, 6.45) is 0.0494. The molecule has 13 nitrogen and oxygen atoms in total. The highest BCUT2D eigenvalue weighted by Gasteiger charge is 2.31. The van der Waals surface area contributed by atoms with Crippen molar-refractivity contribution in [2.24, 2.45) is 11.7 Å². The molecule has 310 valence electrons. The highest BCUT2D eigenvalue weighted by atomic mass is 19.4. The largest absolute Gasteiger partial charge is 0.573 e. The summed E-state index contributed by atoms with van der Waals surface area (Å²) in [4.78, 5) is 39.9.